The molecule has 0 spiro atoms. The molecule has 48 valence electrons. The number of hydrogen-bond acceptors (Lipinski definition) is 1. The van der Waals surface area contributed by atoms with E-state index in [4.69, 9.17) is 11.6 Å². The third-order valence-corrected chi connectivity index (χ3v) is 2.07. The van der Waals surface area contributed by atoms with Gasteiger partial charge in [0.05, 0.1) is 4.47 Å². The van der Waals surface area contributed by atoms with Gasteiger partial charge in [0, 0.05) is 6.20 Å². The Morgan fingerprint density at radius 3 is 2.78 bits per heavy atom. The average Bonchev–Trinajstić information content (AvgIpc) is 1.80. The summed E-state index contributed by atoms with van der Waals surface area (Å²) in [6, 6.07) is 1.93. The third-order valence-electron chi connectivity index (χ3n) is 0.933. The van der Waals surface area contributed by atoms with Crippen LogP contribution in [-0.2, 0) is 0 Å². The summed E-state index contributed by atoms with van der Waals surface area (Å²) >= 11 is 8.87. The van der Waals surface area contributed by atoms with E-state index in [1.54, 1.807) is 6.20 Å². The zero-order valence-electron chi connectivity index (χ0n) is 4.86. The molecule has 0 unspecified atom stereocenters. The van der Waals surface area contributed by atoms with Gasteiger partial charge >= 0.3 is 0 Å². The summed E-state index contributed by atoms with van der Waals surface area (Å²) in [6.45, 7) is 1.97. The Balaban J connectivity index is 3.17. The summed E-state index contributed by atoms with van der Waals surface area (Å²) in [5, 5.41) is 0.514. The Morgan fingerprint density at radius 2 is 2.33 bits per heavy atom. The van der Waals surface area contributed by atoms with Crippen molar-refractivity contribution < 1.29 is 0 Å². The lowest BCUT2D eigenvalue weighted by atomic mass is 10.3. The molecule has 0 aliphatic rings. The van der Waals surface area contributed by atoms with E-state index in [1.165, 1.54) is 0 Å². The summed E-state index contributed by atoms with van der Waals surface area (Å²) in [7, 11) is 0. The van der Waals surface area contributed by atoms with E-state index >= 15 is 0 Å². The Kier molecular flexibility index (Phi) is 2.09. The van der Waals surface area contributed by atoms with Crippen molar-refractivity contribution in [2.75, 3.05) is 0 Å². The summed E-state index contributed by atoms with van der Waals surface area (Å²) in [6.07, 6.45) is 1.73. The van der Waals surface area contributed by atoms with E-state index in [2.05, 4.69) is 20.9 Å². The fourth-order valence-electron chi connectivity index (χ4n) is 0.517. The van der Waals surface area contributed by atoms with Crippen molar-refractivity contribution in [1.29, 1.82) is 0 Å². The van der Waals surface area contributed by atoms with Gasteiger partial charge in [-0.1, -0.05) is 11.6 Å². The van der Waals surface area contributed by atoms with Crippen molar-refractivity contribution in [3.05, 3.63) is 27.5 Å². The molecule has 0 aliphatic heterocycles. The lowest BCUT2D eigenvalue weighted by Crippen LogP contribution is -1.77. The van der Waals surface area contributed by atoms with Crippen LogP contribution in [0.25, 0.3) is 0 Å². The summed E-state index contributed by atoms with van der Waals surface area (Å²) in [4.78, 5) is 3.90. The largest absolute Gasteiger partial charge is 0.243 e. The second-order valence-electron chi connectivity index (χ2n) is 1.79. The first kappa shape index (κ1) is 7.03. The molecule has 1 heterocycles. The van der Waals surface area contributed by atoms with Crippen LogP contribution in [0.2, 0.25) is 5.15 Å². The fourth-order valence-corrected chi connectivity index (χ4v) is 1.08. The normalized spacial score (nSPS) is 9.67. The van der Waals surface area contributed by atoms with Crippen LogP contribution in [-0.4, -0.2) is 4.98 Å². The number of nitrogens with zero attached hydrogens (tertiary/aromatic N) is 1. The first-order valence-corrected chi connectivity index (χ1v) is 3.65. The molecule has 1 rings (SSSR count). The summed E-state index contributed by atoms with van der Waals surface area (Å²) in [5.41, 5.74) is 1.10. The van der Waals surface area contributed by atoms with Crippen LogP contribution in [0.1, 0.15) is 5.56 Å². The molecule has 0 amide bonds. The van der Waals surface area contributed by atoms with Crippen LogP contribution in [0.5, 0.6) is 0 Å². The van der Waals surface area contributed by atoms with Crippen LogP contribution in [0.3, 0.4) is 0 Å². The van der Waals surface area contributed by atoms with E-state index in [-0.39, 0.29) is 0 Å². The molecule has 0 N–H and O–H groups in total. The van der Waals surface area contributed by atoms with Crippen molar-refractivity contribution >= 4 is 27.5 Å². The Labute approximate surface area is 67.2 Å². The highest BCUT2D eigenvalue weighted by molar-refractivity contribution is 9.10. The van der Waals surface area contributed by atoms with Gasteiger partial charge in [0.15, 0.2) is 0 Å². The maximum absolute atomic E-state index is 5.62. The van der Waals surface area contributed by atoms with Gasteiger partial charge in [0.1, 0.15) is 5.15 Å². The van der Waals surface area contributed by atoms with Gasteiger partial charge in [0.2, 0.25) is 0 Å². The highest BCUT2D eigenvalue weighted by atomic mass is 79.9. The lowest BCUT2D eigenvalue weighted by Gasteiger charge is -1.93. The molecule has 1 aromatic heterocycles. The smallest absolute Gasteiger partial charge is 0.143 e. The van der Waals surface area contributed by atoms with Crippen molar-refractivity contribution in [3.63, 3.8) is 0 Å². The lowest BCUT2D eigenvalue weighted by molar-refractivity contribution is 1.25. The number of aromatic nitrogens is 1. The summed E-state index contributed by atoms with van der Waals surface area (Å²) in [5.74, 6) is 0. The monoisotopic (exact) mass is 205 g/mol. The van der Waals surface area contributed by atoms with Crippen LogP contribution in [0.15, 0.2) is 16.7 Å². The number of halogens is 2. The first-order chi connectivity index (χ1) is 4.20. The second kappa shape index (κ2) is 2.67. The molecule has 0 atom stereocenters. The predicted molar refractivity (Wildman–Crippen MR) is 41.7 cm³/mol. The molecule has 0 aliphatic carbocycles. The Morgan fingerprint density at radius 1 is 1.67 bits per heavy atom. The van der Waals surface area contributed by atoms with E-state index in [9.17, 15) is 0 Å². The van der Waals surface area contributed by atoms with Crippen LogP contribution in [0, 0.1) is 6.92 Å². The van der Waals surface area contributed by atoms with Gasteiger partial charge in [-0.2, -0.15) is 0 Å². The minimum Gasteiger partial charge on any atom is -0.243 e. The molecule has 1 nitrogen and oxygen atoms in total. The predicted octanol–water partition coefficient (Wildman–Crippen LogP) is 2.81. The maximum atomic E-state index is 5.62. The average molecular weight is 206 g/mol. The second-order valence-corrected chi connectivity index (χ2v) is 3.00. The molecule has 0 fully saturated rings. The van der Waals surface area contributed by atoms with Gasteiger partial charge in [-0.05, 0) is 34.5 Å². The van der Waals surface area contributed by atoms with Crippen molar-refractivity contribution in [1.82, 2.24) is 4.98 Å². The van der Waals surface area contributed by atoms with Gasteiger partial charge in [-0.3, -0.25) is 0 Å². The topological polar surface area (TPSA) is 12.9 Å². The molecule has 0 aromatic carbocycles. The quantitative estimate of drug-likeness (QED) is 0.595. The molecule has 1 aromatic rings. The van der Waals surface area contributed by atoms with Crippen molar-refractivity contribution in [3.8, 4) is 0 Å². The van der Waals surface area contributed by atoms with Gasteiger partial charge in [-0.25, -0.2) is 4.98 Å². The van der Waals surface area contributed by atoms with Crippen LogP contribution in [0.4, 0.5) is 0 Å². The van der Waals surface area contributed by atoms with Gasteiger partial charge in [0.25, 0.3) is 0 Å². The highest BCUT2D eigenvalue weighted by Gasteiger charge is 1.94. The first-order valence-electron chi connectivity index (χ1n) is 2.48. The Bertz CT molecular complexity index is 224. The molecular formula is C6H5BrClN. The van der Waals surface area contributed by atoms with Gasteiger partial charge < -0.3 is 0 Å². The SMILES string of the molecule is Cc1cnc(Cl)c(Br)c1. The number of rotatable bonds is 0. The Hall–Kier alpha value is -0.0800. The van der Waals surface area contributed by atoms with E-state index in [0.717, 1.165) is 10.0 Å². The van der Waals surface area contributed by atoms with E-state index < -0.39 is 0 Å². The minimum absolute atomic E-state index is 0.514. The fraction of sp³-hybridized carbons (Fsp3) is 0.167. The number of pyridine rings is 1. The van der Waals surface area contributed by atoms with Crippen molar-refractivity contribution in [2.45, 2.75) is 6.92 Å². The standard InChI is InChI=1S/C6H5BrClN/c1-4-2-5(7)6(8)9-3-4/h2-3H,1H3. The molecular weight excluding hydrogens is 201 g/mol. The zero-order valence-corrected chi connectivity index (χ0v) is 7.20. The van der Waals surface area contributed by atoms with Crippen LogP contribution < -0.4 is 0 Å². The summed E-state index contributed by atoms with van der Waals surface area (Å²) < 4.78 is 0.851. The van der Waals surface area contributed by atoms with E-state index in [0.29, 0.717) is 5.15 Å². The molecule has 0 saturated heterocycles. The number of aryl methyl sites for hydroxylation is 1. The molecule has 0 radical (unpaired) electrons. The molecule has 9 heavy (non-hydrogen) atoms. The zero-order chi connectivity index (χ0) is 6.85. The van der Waals surface area contributed by atoms with E-state index in [1.807, 2.05) is 13.0 Å². The maximum Gasteiger partial charge on any atom is 0.143 e. The van der Waals surface area contributed by atoms with Gasteiger partial charge in [-0.15, -0.1) is 0 Å². The van der Waals surface area contributed by atoms with Crippen LogP contribution >= 0.6 is 27.5 Å². The van der Waals surface area contributed by atoms with Crippen molar-refractivity contribution in [2.24, 2.45) is 0 Å². The molecule has 0 bridgehead atoms. The third kappa shape index (κ3) is 1.66. The minimum atomic E-state index is 0.514. The molecule has 0 saturated carbocycles. The molecule has 3 heteroatoms. The number of hydrogen-bond donors (Lipinski definition) is 0. The highest BCUT2D eigenvalue weighted by Crippen LogP contribution is 2.19.